The summed E-state index contributed by atoms with van der Waals surface area (Å²) in [6.45, 7) is 10.1. The minimum atomic E-state index is -2.83. The highest BCUT2D eigenvalue weighted by atomic mass is 32.2. The van der Waals surface area contributed by atoms with E-state index in [1.807, 2.05) is 0 Å². The van der Waals surface area contributed by atoms with Crippen LogP contribution in [0.2, 0.25) is 0 Å². The predicted molar refractivity (Wildman–Crippen MR) is 81.6 cm³/mol. The van der Waals surface area contributed by atoms with Crippen LogP contribution in [0, 0.1) is 11.3 Å². The molecule has 3 unspecified atom stereocenters. The van der Waals surface area contributed by atoms with Crippen LogP contribution in [-0.2, 0) is 14.6 Å². The molecule has 1 N–H and O–H groups in total. The second-order valence-corrected chi connectivity index (χ2v) is 9.77. The summed E-state index contributed by atoms with van der Waals surface area (Å²) in [7, 11) is -2.83. The van der Waals surface area contributed by atoms with Gasteiger partial charge in [-0.15, -0.1) is 0 Å². The molecule has 1 aliphatic heterocycles. The van der Waals surface area contributed by atoms with Crippen LogP contribution >= 0.6 is 0 Å². The van der Waals surface area contributed by atoms with E-state index in [0.29, 0.717) is 30.4 Å². The van der Waals surface area contributed by atoms with Crippen LogP contribution in [0.5, 0.6) is 0 Å². The summed E-state index contributed by atoms with van der Waals surface area (Å²) < 4.78 is 29.6. The van der Waals surface area contributed by atoms with Gasteiger partial charge in [-0.3, -0.25) is 0 Å². The van der Waals surface area contributed by atoms with Gasteiger partial charge in [0.2, 0.25) is 0 Å². The molecule has 0 aromatic rings. The molecule has 0 bridgehead atoms. The lowest BCUT2D eigenvalue weighted by Gasteiger charge is -2.52. The largest absolute Gasteiger partial charge is 0.377 e. The summed E-state index contributed by atoms with van der Waals surface area (Å²) in [6.07, 6.45) is 2.92. The van der Waals surface area contributed by atoms with E-state index < -0.39 is 9.84 Å². The van der Waals surface area contributed by atoms with E-state index >= 15 is 0 Å². The van der Waals surface area contributed by atoms with Gasteiger partial charge in [0.1, 0.15) is 0 Å². The van der Waals surface area contributed by atoms with E-state index in [1.54, 1.807) is 0 Å². The van der Waals surface area contributed by atoms with Gasteiger partial charge < -0.3 is 10.1 Å². The highest BCUT2D eigenvalue weighted by Gasteiger charge is 2.49. The van der Waals surface area contributed by atoms with Crippen molar-refractivity contribution in [3.8, 4) is 0 Å². The Morgan fingerprint density at radius 3 is 2.55 bits per heavy atom. The first-order chi connectivity index (χ1) is 9.23. The second-order valence-electron chi connectivity index (χ2n) is 7.36. The Balaban J connectivity index is 1.78. The summed E-state index contributed by atoms with van der Waals surface area (Å²) in [4.78, 5) is 0. The molecule has 4 nitrogen and oxygen atoms in total. The van der Waals surface area contributed by atoms with Crippen molar-refractivity contribution >= 4 is 9.84 Å². The van der Waals surface area contributed by atoms with Gasteiger partial charge in [-0.25, -0.2) is 8.42 Å². The summed E-state index contributed by atoms with van der Waals surface area (Å²) >= 11 is 0. The second kappa shape index (κ2) is 5.93. The van der Waals surface area contributed by atoms with Gasteiger partial charge in [-0.1, -0.05) is 27.7 Å². The average molecular weight is 303 g/mol. The van der Waals surface area contributed by atoms with E-state index in [2.05, 4.69) is 33.0 Å². The number of sulfone groups is 1. The Morgan fingerprint density at radius 2 is 2.05 bits per heavy atom. The zero-order valence-electron chi connectivity index (χ0n) is 13.2. The molecule has 1 aliphatic carbocycles. The molecule has 0 aromatic heterocycles. The maximum Gasteiger partial charge on any atom is 0.154 e. The maximum absolute atomic E-state index is 11.8. The summed E-state index contributed by atoms with van der Waals surface area (Å²) in [5, 5.41) is 3.29. The minimum absolute atomic E-state index is 0.0945. The SMILES string of the molecule is CC(C)COC1CC(NCC2CCCS2(=O)=O)C1(C)C. The highest BCUT2D eigenvalue weighted by Crippen LogP contribution is 2.43. The normalized spacial score (nSPS) is 35.1. The fourth-order valence-electron chi connectivity index (χ4n) is 3.18. The lowest BCUT2D eigenvalue weighted by molar-refractivity contribution is -0.123. The summed E-state index contributed by atoms with van der Waals surface area (Å²) in [5.41, 5.74) is 0.0945. The third-order valence-corrected chi connectivity index (χ3v) is 7.14. The van der Waals surface area contributed by atoms with Gasteiger partial charge in [0.25, 0.3) is 0 Å². The number of ether oxygens (including phenoxy) is 1. The molecule has 1 heterocycles. The lowest BCUT2D eigenvalue weighted by Crippen LogP contribution is -2.62. The monoisotopic (exact) mass is 303 g/mol. The Labute approximate surface area is 123 Å². The van der Waals surface area contributed by atoms with Crippen LogP contribution in [0.15, 0.2) is 0 Å². The lowest BCUT2D eigenvalue weighted by atomic mass is 9.64. The van der Waals surface area contributed by atoms with Gasteiger partial charge in [0.05, 0.1) is 17.1 Å². The van der Waals surface area contributed by atoms with Crippen LogP contribution < -0.4 is 5.32 Å². The molecule has 2 aliphatic rings. The molecule has 5 heteroatoms. The molecule has 1 saturated carbocycles. The number of rotatable bonds is 6. The Morgan fingerprint density at radius 1 is 1.35 bits per heavy atom. The third-order valence-electron chi connectivity index (χ3n) is 4.86. The zero-order chi connectivity index (χ0) is 15.0. The maximum atomic E-state index is 11.8. The summed E-state index contributed by atoms with van der Waals surface area (Å²) in [5.74, 6) is 0.925. The molecule has 118 valence electrons. The van der Waals surface area contributed by atoms with Gasteiger partial charge in [0, 0.05) is 24.6 Å². The predicted octanol–water partition coefficient (Wildman–Crippen LogP) is 1.99. The molecule has 0 amide bonds. The van der Waals surface area contributed by atoms with E-state index in [4.69, 9.17) is 4.74 Å². The fraction of sp³-hybridized carbons (Fsp3) is 1.00. The van der Waals surface area contributed by atoms with Crippen molar-refractivity contribution in [2.45, 2.75) is 64.4 Å². The third kappa shape index (κ3) is 3.37. The number of hydrogen-bond donors (Lipinski definition) is 1. The molecular weight excluding hydrogens is 274 g/mol. The van der Waals surface area contributed by atoms with Crippen molar-refractivity contribution in [3.63, 3.8) is 0 Å². The molecule has 0 radical (unpaired) electrons. The standard InChI is InChI=1S/C15H29NO3S/c1-11(2)10-19-14-8-13(15(14,3)4)16-9-12-6-5-7-20(12,17)18/h11-14,16H,5-10H2,1-4H3. The van der Waals surface area contributed by atoms with Gasteiger partial charge >= 0.3 is 0 Å². The van der Waals surface area contributed by atoms with Crippen LogP contribution in [0.4, 0.5) is 0 Å². The van der Waals surface area contributed by atoms with Gasteiger partial charge in [-0.05, 0) is 25.2 Å². The van der Waals surface area contributed by atoms with E-state index in [1.165, 1.54) is 0 Å². The van der Waals surface area contributed by atoms with Crippen molar-refractivity contribution in [1.29, 1.82) is 0 Å². The minimum Gasteiger partial charge on any atom is -0.377 e. The van der Waals surface area contributed by atoms with Crippen LogP contribution in [0.3, 0.4) is 0 Å². The quantitative estimate of drug-likeness (QED) is 0.815. The van der Waals surface area contributed by atoms with Crippen molar-refractivity contribution in [3.05, 3.63) is 0 Å². The Kier molecular flexibility index (Phi) is 4.82. The van der Waals surface area contributed by atoms with Crippen molar-refractivity contribution < 1.29 is 13.2 Å². The van der Waals surface area contributed by atoms with E-state index in [9.17, 15) is 8.42 Å². The Hall–Kier alpha value is -0.130. The van der Waals surface area contributed by atoms with Gasteiger partial charge in [0.15, 0.2) is 9.84 Å². The topological polar surface area (TPSA) is 55.4 Å². The first kappa shape index (κ1) is 16.2. The average Bonchev–Trinajstić information content (AvgIpc) is 2.66. The molecular formula is C15H29NO3S. The van der Waals surface area contributed by atoms with Gasteiger partial charge in [-0.2, -0.15) is 0 Å². The van der Waals surface area contributed by atoms with Crippen LogP contribution in [-0.4, -0.2) is 44.7 Å². The number of hydrogen-bond acceptors (Lipinski definition) is 4. The van der Waals surface area contributed by atoms with E-state index in [0.717, 1.165) is 25.9 Å². The molecule has 2 rings (SSSR count). The zero-order valence-corrected chi connectivity index (χ0v) is 14.0. The fourth-order valence-corrected chi connectivity index (χ4v) is 4.96. The van der Waals surface area contributed by atoms with E-state index in [-0.39, 0.29) is 10.7 Å². The molecule has 0 aromatic carbocycles. The first-order valence-corrected chi connectivity index (χ1v) is 9.51. The van der Waals surface area contributed by atoms with Crippen molar-refractivity contribution in [1.82, 2.24) is 5.32 Å². The van der Waals surface area contributed by atoms with Crippen LogP contribution in [0.25, 0.3) is 0 Å². The number of nitrogens with one attached hydrogen (secondary N) is 1. The van der Waals surface area contributed by atoms with Crippen LogP contribution in [0.1, 0.15) is 47.0 Å². The highest BCUT2D eigenvalue weighted by molar-refractivity contribution is 7.92. The molecule has 2 fully saturated rings. The molecule has 3 atom stereocenters. The van der Waals surface area contributed by atoms with Crippen molar-refractivity contribution in [2.24, 2.45) is 11.3 Å². The molecule has 0 spiro atoms. The summed E-state index contributed by atoms with van der Waals surface area (Å²) in [6, 6.07) is 0.371. The Bertz CT molecular complexity index is 430. The first-order valence-electron chi connectivity index (χ1n) is 7.80. The van der Waals surface area contributed by atoms with Crippen molar-refractivity contribution in [2.75, 3.05) is 18.9 Å². The molecule has 20 heavy (non-hydrogen) atoms. The molecule has 1 saturated heterocycles. The smallest absolute Gasteiger partial charge is 0.154 e.